The molecule has 0 aliphatic heterocycles. The van der Waals surface area contributed by atoms with Gasteiger partial charge in [-0.15, -0.1) is 0 Å². The molecule has 0 unspecified atom stereocenters. The van der Waals surface area contributed by atoms with Crippen LogP contribution in [0.4, 0.5) is 13.2 Å². The van der Waals surface area contributed by atoms with Crippen LogP contribution >= 0.6 is 13.5 Å². The highest BCUT2D eigenvalue weighted by molar-refractivity contribution is 7.59. The molecule has 0 fully saturated rings. The first-order valence-corrected chi connectivity index (χ1v) is 7.32. The number of methoxy groups -OCH3 is 1. The Kier molecular flexibility index (Phi) is 8.64. The van der Waals surface area contributed by atoms with Crippen LogP contribution in [0.5, 0.6) is 5.75 Å². The molecule has 0 saturated carbocycles. The van der Waals surface area contributed by atoms with Crippen molar-refractivity contribution in [2.45, 2.75) is 6.68 Å². The molecule has 0 aliphatic rings. The van der Waals surface area contributed by atoms with E-state index in [0.717, 1.165) is 5.75 Å². The summed E-state index contributed by atoms with van der Waals surface area (Å²) in [4.78, 5) is 0. The Labute approximate surface area is 152 Å². The summed E-state index contributed by atoms with van der Waals surface area (Å²) in [7, 11) is 1.68. The molecule has 132 valence electrons. The van der Waals surface area contributed by atoms with Gasteiger partial charge in [-0.25, -0.2) is 0 Å². The molecule has 25 heavy (non-hydrogen) atoms. The maximum atomic E-state index is 9.67. The summed E-state index contributed by atoms with van der Waals surface area (Å²) in [6.45, 7) is -3.67. The maximum absolute atomic E-state index is 9.67. The van der Waals surface area contributed by atoms with E-state index in [4.69, 9.17) is 4.74 Å². The molecule has 0 spiro atoms. The molecule has 3 aromatic rings. The van der Waals surface area contributed by atoms with E-state index in [1.165, 1.54) is 22.3 Å². The summed E-state index contributed by atoms with van der Waals surface area (Å²) in [6, 6.07) is 27.2. The average molecular weight is 364 g/mol. The predicted molar refractivity (Wildman–Crippen MR) is 101 cm³/mol. The second kappa shape index (κ2) is 10.5. The molecular formula is C20H19F3OS. The summed E-state index contributed by atoms with van der Waals surface area (Å²) in [5.41, 5.74) is 4.90. The van der Waals surface area contributed by atoms with Crippen LogP contribution < -0.4 is 4.74 Å². The molecule has 0 bridgehead atoms. The van der Waals surface area contributed by atoms with Gasteiger partial charge in [-0.2, -0.15) is 26.7 Å². The minimum absolute atomic E-state index is 0. The van der Waals surface area contributed by atoms with Gasteiger partial charge in [0.25, 0.3) is 0 Å². The van der Waals surface area contributed by atoms with Crippen LogP contribution in [0.15, 0.2) is 78.9 Å². The van der Waals surface area contributed by atoms with E-state index in [-0.39, 0.29) is 13.5 Å². The van der Waals surface area contributed by atoms with Crippen LogP contribution in [-0.4, -0.2) is 13.8 Å². The zero-order chi connectivity index (χ0) is 17.4. The van der Waals surface area contributed by atoms with E-state index in [1.54, 1.807) is 7.11 Å². The zero-order valence-corrected chi connectivity index (χ0v) is 14.6. The van der Waals surface area contributed by atoms with E-state index in [1.807, 2.05) is 18.2 Å². The topological polar surface area (TPSA) is 9.23 Å². The number of halogens is 3. The fourth-order valence-corrected chi connectivity index (χ4v) is 2.27. The number of rotatable bonds is 3. The molecule has 3 rings (SSSR count). The fraction of sp³-hybridized carbons (Fsp3) is 0.100. The lowest BCUT2D eigenvalue weighted by Gasteiger charge is -2.06. The smallest absolute Gasteiger partial charge is 0.379 e. The standard InChI is InChI=1S/C19H16O.CHF3.H2S/c1-20-19-13-11-18(12-14-19)17-9-7-16(8-10-17)15-5-3-2-4-6-15;2-1(3)4;/h2-14H,1H3;1H;1H2. The second-order valence-electron chi connectivity index (χ2n) is 4.92. The Morgan fingerprint density at radius 3 is 1.28 bits per heavy atom. The van der Waals surface area contributed by atoms with Gasteiger partial charge in [0, 0.05) is 0 Å². The molecule has 0 amide bonds. The summed E-state index contributed by atoms with van der Waals surface area (Å²) in [5, 5.41) is 0. The second-order valence-corrected chi connectivity index (χ2v) is 4.92. The van der Waals surface area contributed by atoms with Gasteiger partial charge in [-0.3, -0.25) is 0 Å². The van der Waals surface area contributed by atoms with Crippen LogP contribution in [0.1, 0.15) is 0 Å². The first-order valence-electron chi connectivity index (χ1n) is 7.32. The van der Waals surface area contributed by atoms with Gasteiger partial charge in [-0.1, -0.05) is 66.7 Å². The first kappa shape index (κ1) is 20.6. The molecule has 0 aliphatic carbocycles. The molecule has 0 saturated heterocycles. The van der Waals surface area contributed by atoms with Gasteiger partial charge in [0.1, 0.15) is 5.75 Å². The molecule has 5 heteroatoms. The van der Waals surface area contributed by atoms with Crippen molar-refractivity contribution in [3.63, 3.8) is 0 Å². The van der Waals surface area contributed by atoms with Crippen LogP contribution in [0.3, 0.4) is 0 Å². The van der Waals surface area contributed by atoms with Crippen LogP contribution in [0, 0.1) is 0 Å². The average Bonchev–Trinajstić information content (AvgIpc) is 2.62. The SMILES string of the molecule is COc1ccc(-c2ccc(-c3ccccc3)cc2)cc1.FC(F)F.S. The van der Waals surface area contributed by atoms with E-state index < -0.39 is 6.68 Å². The molecule has 0 radical (unpaired) electrons. The predicted octanol–water partition coefficient (Wildman–Crippen LogP) is 6.32. The van der Waals surface area contributed by atoms with Crippen LogP contribution in [0.25, 0.3) is 22.3 Å². The highest BCUT2D eigenvalue weighted by Gasteiger charge is 2.00. The Balaban J connectivity index is 0.000000568. The normalized spacial score (nSPS) is 9.64. The van der Waals surface area contributed by atoms with Crippen molar-refractivity contribution in [1.82, 2.24) is 0 Å². The zero-order valence-electron chi connectivity index (χ0n) is 13.6. The van der Waals surface area contributed by atoms with Crippen molar-refractivity contribution < 1.29 is 17.9 Å². The lowest BCUT2D eigenvalue weighted by Crippen LogP contribution is -1.83. The monoisotopic (exact) mass is 364 g/mol. The van der Waals surface area contributed by atoms with Crippen molar-refractivity contribution in [3.8, 4) is 28.0 Å². The lowest BCUT2D eigenvalue weighted by molar-refractivity contribution is 0.00819. The van der Waals surface area contributed by atoms with Gasteiger partial charge in [-0.05, 0) is 34.4 Å². The minimum Gasteiger partial charge on any atom is -0.497 e. The Morgan fingerprint density at radius 1 is 0.600 bits per heavy atom. The summed E-state index contributed by atoms with van der Waals surface area (Å²) >= 11 is 0. The van der Waals surface area contributed by atoms with Crippen molar-refractivity contribution >= 4 is 13.5 Å². The highest BCUT2D eigenvalue weighted by Crippen LogP contribution is 2.26. The Hall–Kier alpha value is -2.40. The van der Waals surface area contributed by atoms with E-state index in [0.29, 0.717) is 0 Å². The van der Waals surface area contributed by atoms with E-state index >= 15 is 0 Å². The van der Waals surface area contributed by atoms with Gasteiger partial charge in [0.05, 0.1) is 7.11 Å². The van der Waals surface area contributed by atoms with Gasteiger partial charge >= 0.3 is 6.68 Å². The third-order valence-electron chi connectivity index (χ3n) is 3.42. The van der Waals surface area contributed by atoms with Crippen molar-refractivity contribution in [2.24, 2.45) is 0 Å². The molecule has 0 aromatic heterocycles. The van der Waals surface area contributed by atoms with Crippen molar-refractivity contribution in [1.29, 1.82) is 0 Å². The van der Waals surface area contributed by atoms with Gasteiger partial charge in [0.2, 0.25) is 0 Å². The molecule has 0 atom stereocenters. The third kappa shape index (κ3) is 6.55. The van der Waals surface area contributed by atoms with Gasteiger partial charge < -0.3 is 4.74 Å². The summed E-state index contributed by atoms with van der Waals surface area (Å²) in [6.07, 6.45) is 0. The number of ether oxygens (including phenoxy) is 1. The number of benzene rings is 3. The van der Waals surface area contributed by atoms with Crippen LogP contribution in [-0.2, 0) is 0 Å². The van der Waals surface area contributed by atoms with E-state index in [2.05, 4.69) is 60.7 Å². The summed E-state index contributed by atoms with van der Waals surface area (Å²) < 4.78 is 34.2. The number of hydrogen-bond acceptors (Lipinski definition) is 1. The van der Waals surface area contributed by atoms with Crippen molar-refractivity contribution in [2.75, 3.05) is 7.11 Å². The molecular weight excluding hydrogens is 345 g/mol. The van der Waals surface area contributed by atoms with Crippen LogP contribution in [0.2, 0.25) is 0 Å². The molecule has 0 N–H and O–H groups in total. The lowest BCUT2D eigenvalue weighted by atomic mass is 10.0. The fourth-order valence-electron chi connectivity index (χ4n) is 2.27. The highest BCUT2D eigenvalue weighted by atomic mass is 32.1. The molecule has 3 aromatic carbocycles. The minimum atomic E-state index is -3.67. The summed E-state index contributed by atoms with van der Waals surface area (Å²) in [5.74, 6) is 0.884. The third-order valence-corrected chi connectivity index (χ3v) is 3.42. The number of alkyl halides is 3. The maximum Gasteiger partial charge on any atom is 0.379 e. The van der Waals surface area contributed by atoms with Crippen molar-refractivity contribution in [3.05, 3.63) is 78.9 Å². The Bertz CT molecular complexity index is 726. The largest absolute Gasteiger partial charge is 0.497 e. The molecule has 1 nitrogen and oxygen atoms in total. The quantitative estimate of drug-likeness (QED) is 0.528. The van der Waals surface area contributed by atoms with E-state index in [9.17, 15) is 13.2 Å². The van der Waals surface area contributed by atoms with Gasteiger partial charge in [0.15, 0.2) is 0 Å². The molecule has 0 heterocycles. The number of hydrogen-bond donors (Lipinski definition) is 0. The Morgan fingerprint density at radius 2 is 0.920 bits per heavy atom. The first-order chi connectivity index (χ1) is 11.6.